The Bertz CT molecular complexity index is 488. The molecule has 1 heterocycles. The van der Waals surface area contributed by atoms with E-state index in [0.29, 0.717) is 16.5 Å². The minimum Gasteiger partial charge on any atom is -0.370 e. The van der Waals surface area contributed by atoms with Gasteiger partial charge in [-0.25, -0.2) is 4.98 Å². The summed E-state index contributed by atoms with van der Waals surface area (Å²) in [5.74, 6) is 0.493. The average Bonchev–Trinajstić information content (AvgIpc) is 2.95. The fraction of sp³-hybridized carbons (Fsp3) is 0.571. The summed E-state index contributed by atoms with van der Waals surface area (Å²) in [6, 6.07) is 3.72. The summed E-state index contributed by atoms with van der Waals surface area (Å²) in [4.78, 5) is 16.4. The van der Waals surface area contributed by atoms with Gasteiger partial charge in [-0.15, -0.1) is 0 Å². The molecule has 4 nitrogen and oxygen atoms in total. The Balaban J connectivity index is 2.07. The van der Waals surface area contributed by atoms with Crippen molar-refractivity contribution in [1.82, 2.24) is 10.3 Å². The number of halogens is 1. The van der Waals surface area contributed by atoms with E-state index in [-0.39, 0.29) is 17.4 Å². The quantitative estimate of drug-likeness (QED) is 0.872. The smallest absolute Gasteiger partial charge is 0.271 e. The number of carbonyl (C=O) groups excluding carboxylic acids is 1. The van der Waals surface area contributed by atoms with Gasteiger partial charge in [-0.1, -0.05) is 32.4 Å². The second-order valence-electron chi connectivity index (χ2n) is 5.67. The van der Waals surface area contributed by atoms with E-state index in [1.807, 2.05) is 0 Å². The van der Waals surface area contributed by atoms with E-state index in [1.54, 1.807) is 12.1 Å². The highest BCUT2D eigenvalue weighted by atomic mass is 35.5. The molecule has 1 unspecified atom stereocenters. The molecular weight excluding hydrogens is 262 g/mol. The number of hydrogen-bond acceptors (Lipinski definition) is 3. The maximum absolute atomic E-state index is 12.1. The van der Waals surface area contributed by atoms with Crippen LogP contribution in [-0.2, 0) is 0 Å². The summed E-state index contributed by atoms with van der Waals surface area (Å²) < 4.78 is 0. The molecular formula is C14H20ClN3O. The van der Waals surface area contributed by atoms with Crippen LogP contribution in [0.2, 0.25) is 5.02 Å². The minimum atomic E-state index is -0.194. The predicted octanol–water partition coefficient (Wildman–Crippen LogP) is 3.09. The van der Waals surface area contributed by atoms with Crippen LogP contribution in [0.15, 0.2) is 12.1 Å². The Morgan fingerprint density at radius 1 is 1.53 bits per heavy atom. The number of rotatable bonds is 5. The number of carbonyl (C=O) groups is 1. The van der Waals surface area contributed by atoms with Crippen molar-refractivity contribution >= 4 is 23.3 Å². The van der Waals surface area contributed by atoms with Gasteiger partial charge in [-0.2, -0.15) is 0 Å². The molecule has 0 spiro atoms. The minimum absolute atomic E-state index is 0.194. The van der Waals surface area contributed by atoms with Crippen molar-refractivity contribution in [3.63, 3.8) is 0 Å². The lowest BCUT2D eigenvalue weighted by molar-refractivity contribution is 0.0941. The molecule has 1 aliphatic rings. The highest BCUT2D eigenvalue weighted by Gasteiger charge is 2.46. The molecule has 0 bridgehead atoms. The van der Waals surface area contributed by atoms with Crippen LogP contribution in [0.3, 0.4) is 0 Å². The van der Waals surface area contributed by atoms with E-state index < -0.39 is 0 Å². The van der Waals surface area contributed by atoms with Gasteiger partial charge < -0.3 is 10.6 Å². The molecule has 1 atom stereocenters. The summed E-state index contributed by atoms with van der Waals surface area (Å²) in [5, 5.41) is 6.51. The SMILES string of the molecule is CCCNc1ccc(Cl)c(C(=O)NC2CC2(C)C)n1. The van der Waals surface area contributed by atoms with Crippen molar-refractivity contribution in [3.05, 3.63) is 22.8 Å². The molecule has 1 fully saturated rings. The van der Waals surface area contributed by atoms with Gasteiger partial charge in [0.25, 0.3) is 5.91 Å². The maximum Gasteiger partial charge on any atom is 0.271 e. The fourth-order valence-corrected chi connectivity index (χ4v) is 2.08. The Hall–Kier alpha value is -1.29. The van der Waals surface area contributed by atoms with Gasteiger partial charge in [0.1, 0.15) is 11.5 Å². The molecule has 1 aromatic rings. The van der Waals surface area contributed by atoms with Gasteiger partial charge in [0.15, 0.2) is 0 Å². The molecule has 0 aliphatic heterocycles. The summed E-state index contributed by atoms with van der Waals surface area (Å²) in [5.41, 5.74) is 0.491. The summed E-state index contributed by atoms with van der Waals surface area (Å²) in [6.07, 6.45) is 2.01. The van der Waals surface area contributed by atoms with Crippen molar-refractivity contribution in [2.45, 2.75) is 39.7 Å². The molecule has 0 radical (unpaired) electrons. The van der Waals surface area contributed by atoms with E-state index in [0.717, 1.165) is 19.4 Å². The van der Waals surface area contributed by atoms with Crippen LogP contribution in [-0.4, -0.2) is 23.5 Å². The third-order valence-electron chi connectivity index (χ3n) is 3.44. The van der Waals surface area contributed by atoms with Crippen LogP contribution in [0.4, 0.5) is 5.82 Å². The number of nitrogens with zero attached hydrogens (tertiary/aromatic N) is 1. The lowest BCUT2D eigenvalue weighted by Gasteiger charge is -2.10. The standard InChI is InChI=1S/C14H20ClN3O/c1-4-7-16-11-6-5-9(15)12(18-11)13(19)17-10-8-14(10,2)3/h5-6,10H,4,7-8H2,1-3H3,(H,16,18)(H,17,19). The first-order chi connectivity index (χ1) is 8.94. The van der Waals surface area contributed by atoms with Crippen molar-refractivity contribution in [3.8, 4) is 0 Å². The molecule has 19 heavy (non-hydrogen) atoms. The predicted molar refractivity (Wildman–Crippen MR) is 77.7 cm³/mol. The van der Waals surface area contributed by atoms with Crippen LogP contribution in [0.1, 0.15) is 44.1 Å². The first-order valence-corrected chi connectivity index (χ1v) is 7.03. The summed E-state index contributed by atoms with van der Waals surface area (Å²) >= 11 is 6.05. The first-order valence-electron chi connectivity index (χ1n) is 6.65. The van der Waals surface area contributed by atoms with Crippen molar-refractivity contribution in [1.29, 1.82) is 0 Å². The van der Waals surface area contributed by atoms with Crippen LogP contribution in [0.5, 0.6) is 0 Å². The number of pyridine rings is 1. The van der Waals surface area contributed by atoms with Gasteiger partial charge in [-0.05, 0) is 30.4 Å². The number of nitrogens with one attached hydrogen (secondary N) is 2. The molecule has 2 N–H and O–H groups in total. The zero-order valence-electron chi connectivity index (χ0n) is 11.6. The number of amides is 1. The molecule has 1 saturated carbocycles. The van der Waals surface area contributed by atoms with Gasteiger partial charge in [0.2, 0.25) is 0 Å². The third kappa shape index (κ3) is 3.38. The number of anilines is 1. The van der Waals surface area contributed by atoms with Gasteiger partial charge in [-0.3, -0.25) is 4.79 Å². The summed E-state index contributed by atoms with van der Waals surface area (Å²) in [6.45, 7) is 7.16. The van der Waals surface area contributed by atoms with E-state index in [1.165, 1.54) is 0 Å². The van der Waals surface area contributed by atoms with Crippen LogP contribution in [0.25, 0.3) is 0 Å². The molecule has 5 heteroatoms. The molecule has 0 aromatic carbocycles. The molecule has 1 aliphatic carbocycles. The van der Waals surface area contributed by atoms with Crippen molar-refractivity contribution in [2.24, 2.45) is 5.41 Å². The second kappa shape index (κ2) is 5.37. The Morgan fingerprint density at radius 3 is 2.79 bits per heavy atom. The van der Waals surface area contributed by atoms with Gasteiger partial charge >= 0.3 is 0 Å². The van der Waals surface area contributed by atoms with Gasteiger partial charge in [0.05, 0.1) is 5.02 Å². The first kappa shape index (κ1) is 14.1. The number of hydrogen-bond donors (Lipinski definition) is 2. The maximum atomic E-state index is 12.1. The topological polar surface area (TPSA) is 54.0 Å². The lowest BCUT2D eigenvalue weighted by atomic mass is 10.2. The monoisotopic (exact) mass is 281 g/mol. The van der Waals surface area contributed by atoms with E-state index >= 15 is 0 Å². The molecule has 1 aromatic heterocycles. The Labute approximate surface area is 118 Å². The van der Waals surface area contributed by atoms with Crippen LogP contribution < -0.4 is 10.6 Å². The van der Waals surface area contributed by atoms with Crippen molar-refractivity contribution < 1.29 is 4.79 Å². The molecule has 1 amide bonds. The third-order valence-corrected chi connectivity index (χ3v) is 3.74. The molecule has 0 saturated heterocycles. The van der Waals surface area contributed by atoms with E-state index in [2.05, 4.69) is 36.4 Å². The van der Waals surface area contributed by atoms with Crippen molar-refractivity contribution in [2.75, 3.05) is 11.9 Å². The summed E-state index contributed by atoms with van der Waals surface area (Å²) in [7, 11) is 0. The Morgan fingerprint density at radius 2 is 2.21 bits per heavy atom. The molecule has 2 rings (SSSR count). The molecule has 104 valence electrons. The normalized spacial score (nSPS) is 19.9. The number of aromatic nitrogens is 1. The highest BCUT2D eigenvalue weighted by molar-refractivity contribution is 6.33. The van der Waals surface area contributed by atoms with E-state index in [4.69, 9.17) is 11.6 Å². The van der Waals surface area contributed by atoms with Crippen LogP contribution >= 0.6 is 11.6 Å². The zero-order chi connectivity index (χ0) is 14.0. The Kier molecular flexibility index (Phi) is 3.99. The van der Waals surface area contributed by atoms with E-state index in [9.17, 15) is 4.79 Å². The fourth-order valence-electron chi connectivity index (χ4n) is 1.89. The second-order valence-corrected chi connectivity index (χ2v) is 6.08. The lowest BCUT2D eigenvalue weighted by Crippen LogP contribution is -2.29. The van der Waals surface area contributed by atoms with Gasteiger partial charge in [0, 0.05) is 12.6 Å². The van der Waals surface area contributed by atoms with Crippen LogP contribution in [0, 0.1) is 5.41 Å². The zero-order valence-corrected chi connectivity index (χ0v) is 12.3. The highest BCUT2D eigenvalue weighted by Crippen LogP contribution is 2.44. The average molecular weight is 282 g/mol. The largest absolute Gasteiger partial charge is 0.370 e.